The molecule has 150 valence electrons. The number of rotatable bonds is 5. The lowest BCUT2D eigenvalue weighted by Crippen LogP contribution is -3.09. The quantitative estimate of drug-likeness (QED) is 0.703. The minimum Gasteiger partial charge on any atom is -0.368 e. The molecule has 0 spiro atoms. The van der Waals surface area contributed by atoms with Crippen molar-refractivity contribution in [3.63, 3.8) is 0 Å². The third-order valence-electron chi connectivity index (χ3n) is 5.58. The summed E-state index contributed by atoms with van der Waals surface area (Å²) in [6.07, 6.45) is 0. The van der Waals surface area contributed by atoms with Gasteiger partial charge in [-0.2, -0.15) is 0 Å². The van der Waals surface area contributed by atoms with Crippen molar-refractivity contribution in [3.8, 4) is 0 Å². The number of anilines is 1. The average molecular weight is 409 g/mol. The van der Waals surface area contributed by atoms with E-state index in [4.69, 9.17) is 11.6 Å². The van der Waals surface area contributed by atoms with Gasteiger partial charge in [-0.05, 0) is 35.0 Å². The standard InChI is InChI=1S/C24H26ClN3O/c1-26(17-19-9-10-20-5-2-3-6-21(20)15-19)18-24(29)28-13-11-27(12-14-28)23-8-4-7-22(25)16-23/h2-10,15-16H,11-14,17-18H2,1H3/p+1. The molecular formula is C24H27ClN3O+. The average Bonchev–Trinajstić information content (AvgIpc) is 2.73. The number of amides is 1. The van der Waals surface area contributed by atoms with Gasteiger partial charge in [-0.3, -0.25) is 4.79 Å². The number of quaternary nitrogens is 1. The normalized spacial score (nSPS) is 15.5. The van der Waals surface area contributed by atoms with E-state index in [0.29, 0.717) is 6.54 Å². The summed E-state index contributed by atoms with van der Waals surface area (Å²) in [6, 6.07) is 22.9. The van der Waals surface area contributed by atoms with Crippen LogP contribution in [0.15, 0.2) is 66.7 Å². The lowest BCUT2D eigenvalue weighted by molar-refractivity contribution is -0.885. The van der Waals surface area contributed by atoms with Crippen molar-refractivity contribution in [2.24, 2.45) is 0 Å². The van der Waals surface area contributed by atoms with E-state index in [1.807, 2.05) is 23.1 Å². The van der Waals surface area contributed by atoms with Gasteiger partial charge >= 0.3 is 0 Å². The Labute approximate surface area is 177 Å². The van der Waals surface area contributed by atoms with Crippen LogP contribution < -0.4 is 9.80 Å². The highest BCUT2D eigenvalue weighted by Crippen LogP contribution is 2.20. The molecule has 1 heterocycles. The van der Waals surface area contributed by atoms with Gasteiger partial charge in [0.15, 0.2) is 6.54 Å². The number of nitrogens with zero attached hydrogens (tertiary/aromatic N) is 2. The highest BCUT2D eigenvalue weighted by atomic mass is 35.5. The van der Waals surface area contributed by atoms with Gasteiger partial charge in [-0.15, -0.1) is 0 Å². The van der Waals surface area contributed by atoms with Crippen molar-refractivity contribution >= 4 is 34.0 Å². The van der Waals surface area contributed by atoms with E-state index in [9.17, 15) is 4.79 Å². The number of nitrogens with one attached hydrogen (secondary N) is 1. The monoisotopic (exact) mass is 408 g/mol. The smallest absolute Gasteiger partial charge is 0.277 e. The van der Waals surface area contributed by atoms with Gasteiger partial charge in [0.25, 0.3) is 5.91 Å². The first-order chi connectivity index (χ1) is 14.1. The van der Waals surface area contributed by atoms with E-state index in [1.165, 1.54) is 21.2 Å². The zero-order valence-corrected chi connectivity index (χ0v) is 17.5. The highest BCUT2D eigenvalue weighted by Gasteiger charge is 2.23. The van der Waals surface area contributed by atoms with Crippen molar-refractivity contribution in [1.29, 1.82) is 0 Å². The van der Waals surface area contributed by atoms with Gasteiger partial charge in [0.1, 0.15) is 6.54 Å². The summed E-state index contributed by atoms with van der Waals surface area (Å²) < 4.78 is 0. The van der Waals surface area contributed by atoms with E-state index in [-0.39, 0.29) is 5.91 Å². The topological polar surface area (TPSA) is 28.0 Å². The third kappa shape index (κ3) is 4.89. The number of fused-ring (bicyclic) bond motifs is 1. The molecule has 1 aliphatic rings. The zero-order chi connectivity index (χ0) is 20.2. The Bertz CT molecular complexity index is 998. The molecule has 4 rings (SSSR count). The summed E-state index contributed by atoms with van der Waals surface area (Å²) in [5.74, 6) is 0.231. The van der Waals surface area contributed by atoms with Crippen LogP contribution >= 0.6 is 11.6 Å². The van der Waals surface area contributed by atoms with Crippen LogP contribution in [0.3, 0.4) is 0 Å². The minimum atomic E-state index is 0.231. The van der Waals surface area contributed by atoms with E-state index in [1.54, 1.807) is 0 Å². The second-order valence-corrected chi connectivity index (χ2v) is 8.28. The largest absolute Gasteiger partial charge is 0.368 e. The molecule has 5 heteroatoms. The van der Waals surface area contributed by atoms with Crippen LogP contribution in [0.1, 0.15) is 5.56 Å². The van der Waals surface area contributed by atoms with E-state index in [2.05, 4.69) is 60.5 Å². The molecule has 0 aliphatic carbocycles. The van der Waals surface area contributed by atoms with E-state index in [0.717, 1.165) is 43.4 Å². The lowest BCUT2D eigenvalue weighted by atomic mass is 10.1. The molecule has 1 N–H and O–H groups in total. The van der Waals surface area contributed by atoms with Crippen molar-refractivity contribution in [1.82, 2.24) is 4.90 Å². The second kappa shape index (κ2) is 8.85. The Morgan fingerprint density at radius 2 is 1.69 bits per heavy atom. The molecule has 1 amide bonds. The Morgan fingerprint density at radius 3 is 2.45 bits per heavy atom. The van der Waals surface area contributed by atoms with Crippen LogP contribution in [-0.4, -0.2) is 50.6 Å². The van der Waals surface area contributed by atoms with E-state index < -0.39 is 0 Å². The SMILES string of the molecule is C[NH+](CC(=O)N1CCN(c2cccc(Cl)c2)CC1)Cc1ccc2ccccc2c1. The minimum absolute atomic E-state index is 0.231. The van der Waals surface area contributed by atoms with Crippen LogP contribution in [-0.2, 0) is 11.3 Å². The number of hydrogen-bond donors (Lipinski definition) is 1. The maximum Gasteiger partial charge on any atom is 0.277 e. The molecule has 1 fully saturated rings. The van der Waals surface area contributed by atoms with Crippen LogP contribution in [0.4, 0.5) is 5.69 Å². The second-order valence-electron chi connectivity index (χ2n) is 7.84. The van der Waals surface area contributed by atoms with Gasteiger partial charge in [-0.25, -0.2) is 0 Å². The summed E-state index contributed by atoms with van der Waals surface area (Å²) in [6.45, 7) is 4.57. The summed E-state index contributed by atoms with van der Waals surface area (Å²) in [5.41, 5.74) is 2.39. The molecule has 0 bridgehead atoms. The number of hydrogen-bond acceptors (Lipinski definition) is 2. The molecule has 3 aromatic carbocycles. The van der Waals surface area contributed by atoms with Gasteiger partial charge < -0.3 is 14.7 Å². The fourth-order valence-corrected chi connectivity index (χ4v) is 4.20. The molecule has 3 aromatic rings. The van der Waals surface area contributed by atoms with Crippen LogP contribution in [0.2, 0.25) is 5.02 Å². The summed E-state index contributed by atoms with van der Waals surface area (Å²) in [7, 11) is 2.09. The van der Waals surface area contributed by atoms with Gasteiger partial charge in [0.2, 0.25) is 0 Å². The summed E-state index contributed by atoms with van der Waals surface area (Å²) in [5, 5.41) is 3.25. The molecule has 29 heavy (non-hydrogen) atoms. The third-order valence-corrected chi connectivity index (χ3v) is 5.81. The van der Waals surface area contributed by atoms with Gasteiger partial charge in [-0.1, -0.05) is 54.1 Å². The number of halogens is 1. The number of carbonyl (C=O) groups is 1. The zero-order valence-electron chi connectivity index (χ0n) is 16.8. The summed E-state index contributed by atoms with van der Waals surface area (Å²) in [4.78, 5) is 18.3. The predicted molar refractivity (Wildman–Crippen MR) is 120 cm³/mol. The predicted octanol–water partition coefficient (Wildman–Crippen LogP) is 2.86. The Morgan fingerprint density at radius 1 is 0.931 bits per heavy atom. The molecule has 0 radical (unpaired) electrons. The molecule has 4 nitrogen and oxygen atoms in total. The van der Waals surface area contributed by atoms with Crippen molar-refractivity contribution in [3.05, 3.63) is 77.3 Å². The maximum absolute atomic E-state index is 12.8. The fourth-order valence-electron chi connectivity index (χ4n) is 4.02. The maximum atomic E-state index is 12.8. The first-order valence-electron chi connectivity index (χ1n) is 10.2. The molecule has 1 saturated heterocycles. The molecule has 1 atom stereocenters. The number of benzene rings is 3. The van der Waals surface area contributed by atoms with Crippen molar-refractivity contribution < 1.29 is 9.69 Å². The van der Waals surface area contributed by atoms with Crippen LogP contribution in [0, 0.1) is 0 Å². The first kappa shape index (κ1) is 19.7. The van der Waals surface area contributed by atoms with Gasteiger partial charge in [0, 0.05) is 42.5 Å². The molecule has 1 aliphatic heterocycles. The Hall–Kier alpha value is -2.56. The molecular weight excluding hydrogens is 382 g/mol. The lowest BCUT2D eigenvalue weighted by Gasteiger charge is -2.36. The number of piperazine rings is 1. The Kier molecular flexibility index (Phi) is 6.02. The highest BCUT2D eigenvalue weighted by molar-refractivity contribution is 6.30. The Balaban J connectivity index is 1.30. The van der Waals surface area contributed by atoms with Crippen LogP contribution in [0.5, 0.6) is 0 Å². The molecule has 0 saturated carbocycles. The summed E-state index contributed by atoms with van der Waals surface area (Å²) >= 11 is 6.11. The first-order valence-corrected chi connectivity index (χ1v) is 10.5. The number of likely N-dealkylation sites (N-methyl/N-ethyl adjacent to an activating group) is 1. The fraction of sp³-hybridized carbons (Fsp3) is 0.292. The van der Waals surface area contributed by atoms with Crippen molar-refractivity contribution in [2.75, 3.05) is 44.7 Å². The molecule has 0 aromatic heterocycles. The van der Waals surface area contributed by atoms with Gasteiger partial charge in [0.05, 0.1) is 7.05 Å². The van der Waals surface area contributed by atoms with Crippen LogP contribution in [0.25, 0.3) is 10.8 Å². The number of carbonyl (C=O) groups excluding carboxylic acids is 1. The van der Waals surface area contributed by atoms with E-state index >= 15 is 0 Å². The van der Waals surface area contributed by atoms with Crippen molar-refractivity contribution in [2.45, 2.75) is 6.54 Å². The molecule has 1 unspecified atom stereocenters.